The summed E-state index contributed by atoms with van der Waals surface area (Å²) < 4.78 is 0.470. The Hall–Kier alpha value is -1.03. The average Bonchev–Trinajstić information content (AvgIpc) is 2.01. The summed E-state index contributed by atoms with van der Waals surface area (Å²) in [5.41, 5.74) is 0.495. The quantitative estimate of drug-likeness (QED) is 0.760. The first kappa shape index (κ1) is 9.06. The topological polar surface area (TPSA) is 57.5 Å². The van der Waals surface area contributed by atoms with Crippen LogP contribution in [0.4, 0.5) is 0 Å². The van der Waals surface area contributed by atoms with Crippen LogP contribution in [0.1, 0.15) is 5.56 Å². The molecule has 64 valence electrons. The average molecular weight is 231 g/mol. The smallest absolute Gasteiger partial charge is 0.133 e. The Balaban J connectivity index is 3.13. The Labute approximate surface area is 77.8 Å². The van der Waals surface area contributed by atoms with Crippen LogP contribution in [0.2, 0.25) is 0 Å². The summed E-state index contributed by atoms with van der Waals surface area (Å²) in [6.45, 7) is 0. The lowest BCUT2D eigenvalue weighted by Gasteiger charge is -2.02. The molecule has 0 atom stereocenters. The van der Waals surface area contributed by atoms with Crippen LogP contribution >= 0.6 is 15.9 Å². The molecule has 0 aromatic heterocycles. The molecule has 2 N–H and O–H groups in total. The summed E-state index contributed by atoms with van der Waals surface area (Å²) in [6, 6.07) is 2.71. The predicted molar refractivity (Wildman–Crippen MR) is 47.2 cm³/mol. The zero-order chi connectivity index (χ0) is 9.14. The van der Waals surface area contributed by atoms with Crippen LogP contribution in [-0.4, -0.2) is 16.5 Å². The second kappa shape index (κ2) is 3.58. The second-order valence-electron chi connectivity index (χ2n) is 2.30. The number of phenols is 2. The Morgan fingerprint density at radius 2 is 2.00 bits per heavy atom. The third-order valence-electron chi connectivity index (χ3n) is 1.45. The van der Waals surface area contributed by atoms with Gasteiger partial charge in [0.05, 0.1) is 4.47 Å². The zero-order valence-electron chi connectivity index (χ0n) is 6.12. The fourth-order valence-electron chi connectivity index (χ4n) is 0.845. The molecule has 0 heterocycles. The van der Waals surface area contributed by atoms with Crippen molar-refractivity contribution in [1.82, 2.24) is 0 Å². The monoisotopic (exact) mass is 230 g/mol. The molecule has 4 heteroatoms. The Kier molecular flexibility index (Phi) is 2.70. The van der Waals surface area contributed by atoms with Crippen LogP contribution in [0.15, 0.2) is 16.6 Å². The molecule has 0 aliphatic heterocycles. The van der Waals surface area contributed by atoms with Gasteiger partial charge in [0.25, 0.3) is 0 Å². The summed E-state index contributed by atoms with van der Waals surface area (Å²) in [7, 11) is 0. The molecule has 0 radical (unpaired) electrons. The van der Waals surface area contributed by atoms with Crippen LogP contribution in [0, 0.1) is 0 Å². The highest BCUT2D eigenvalue weighted by Gasteiger charge is 2.05. The largest absolute Gasteiger partial charge is 0.508 e. The normalized spacial score (nSPS) is 9.75. The van der Waals surface area contributed by atoms with E-state index in [1.165, 1.54) is 12.1 Å². The highest BCUT2D eigenvalue weighted by molar-refractivity contribution is 9.10. The molecule has 0 saturated heterocycles. The highest BCUT2D eigenvalue weighted by Crippen LogP contribution is 2.31. The maximum atomic E-state index is 10.1. The van der Waals surface area contributed by atoms with Crippen molar-refractivity contribution in [3.63, 3.8) is 0 Å². The number of benzene rings is 1. The third kappa shape index (κ3) is 1.76. The van der Waals surface area contributed by atoms with Gasteiger partial charge in [0.2, 0.25) is 0 Å². The van der Waals surface area contributed by atoms with E-state index >= 15 is 0 Å². The number of carbonyl (C=O) groups is 1. The fraction of sp³-hybridized carbons (Fsp3) is 0.125. The fourth-order valence-corrected chi connectivity index (χ4v) is 1.24. The van der Waals surface area contributed by atoms with Gasteiger partial charge in [-0.1, -0.05) is 0 Å². The summed E-state index contributed by atoms with van der Waals surface area (Å²) in [4.78, 5) is 10.1. The van der Waals surface area contributed by atoms with Crippen molar-refractivity contribution in [1.29, 1.82) is 0 Å². The summed E-state index contributed by atoms with van der Waals surface area (Å²) in [6.07, 6.45) is 0.837. The minimum Gasteiger partial charge on any atom is -0.508 e. The van der Waals surface area contributed by atoms with E-state index in [2.05, 4.69) is 15.9 Å². The van der Waals surface area contributed by atoms with Gasteiger partial charge in [-0.25, -0.2) is 0 Å². The van der Waals surface area contributed by atoms with Crippen molar-refractivity contribution in [3.05, 3.63) is 22.2 Å². The van der Waals surface area contributed by atoms with E-state index in [-0.39, 0.29) is 17.9 Å². The first-order valence-corrected chi connectivity index (χ1v) is 4.08. The number of aldehydes is 1. The second-order valence-corrected chi connectivity index (χ2v) is 3.16. The molecule has 0 saturated carbocycles. The van der Waals surface area contributed by atoms with E-state index < -0.39 is 0 Å². The number of hydrogen-bond donors (Lipinski definition) is 2. The molecule has 0 aliphatic rings. The molecular formula is C8H7BrO3. The van der Waals surface area contributed by atoms with Crippen LogP contribution in [0.25, 0.3) is 0 Å². The lowest BCUT2D eigenvalue weighted by molar-refractivity contribution is -0.107. The van der Waals surface area contributed by atoms with Gasteiger partial charge in [-0.2, -0.15) is 0 Å². The van der Waals surface area contributed by atoms with Gasteiger partial charge in [-0.05, 0) is 22.0 Å². The van der Waals surface area contributed by atoms with Gasteiger partial charge in [-0.15, -0.1) is 0 Å². The molecule has 1 rings (SSSR count). The Bertz CT molecular complexity index is 309. The van der Waals surface area contributed by atoms with Crippen LogP contribution < -0.4 is 0 Å². The first-order valence-electron chi connectivity index (χ1n) is 3.29. The van der Waals surface area contributed by atoms with E-state index in [1.54, 1.807) is 0 Å². The van der Waals surface area contributed by atoms with Crippen LogP contribution in [0.5, 0.6) is 11.5 Å². The number of rotatable bonds is 2. The van der Waals surface area contributed by atoms with Crippen molar-refractivity contribution >= 4 is 22.2 Å². The van der Waals surface area contributed by atoms with Gasteiger partial charge in [-0.3, -0.25) is 0 Å². The molecular weight excluding hydrogens is 224 g/mol. The number of halogens is 1. The SMILES string of the molecule is O=CCc1cc(Br)c(O)cc1O. The summed E-state index contributed by atoms with van der Waals surface area (Å²) >= 11 is 3.07. The summed E-state index contributed by atoms with van der Waals surface area (Å²) in [5, 5.41) is 18.3. The van der Waals surface area contributed by atoms with E-state index in [9.17, 15) is 9.90 Å². The number of hydrogen-bond acceptors (Lipinski definition) is 3. The van der Waals surface area contributed by atoms with Gasteiger partial charge in [0.1, 0.15) is 17.8 Å². The highest BCUT2D eigenvalue weighted by atomic mass is 79.9. The summed E-state index contributed by atoms with van der Waals surface area (Å²) in [5.74, 6) is -0.107. The molecule has 0 amide bonds. The standard InChI is InChI=1S/C8H7BrO3/c9-6-3-5(1-2-10)7(11)4-8(6)12/h2-4,11-12H,1H2. The van der Waals surface area contributed by atoms with Crippen molar-refractivity contribution < 1.29 is 15.0 Å². The molecule has 0 bridgehead atoms. The Morgan fingerprint density at radius 3 is 2.58 bits per heavy atom. The van der Waals surface area contributed by atoms with E-state index in [0.29, 0.717) is 16.3 Å². The minimum atomic E-state index is -0.0669. The van der Waals surface area contributed by atoms with Crippen molar-refractivity contribution in [2.75, 3.05) is 0 Å². The van der Waals surface area contributed by atoms with Crippen LogP contribution in [0.3, 0.4) is 0 Å². The maximum absolute atomic E-state index is 10.1. The minimum absolute atomic E-state index is 0.0397. The molecule has 1 aromatic carbocycles. The van der Waals surface area contributed by atoms with E-state index in [4.69, 9.17) is 5.11 Å². The van der Waals surface area contributed by atoms with Crippen LogP contribution in [-0.2, 0) is 11.2 Å². The van der Waals surface area contributed by atoms with Crippen molar-refractivity contribution in [2.24, 2.45) is 0 Å². The lowest BCUT2D eigenvalue weighted by atomic mass is 10.1. The lowest BCUT2D eigenvalue weighted by Crippen LogP contribution is -1.86. The first-order chi connectivity index (χ1) is 5.65. The molecule has 1 aromatic rings. The molecule has 12 heavy (non-hydrogen) atoms. The molecule has 0 unspecified atom stereocenters. The molecule has 0 fully saturated rings. The maximum Gasteiger partial charge on any atom is 0.133 e. The third-order valence-corrected chi connectivity index (χ3v) is 2.09. The Morgan fingerprint density at radius 1 is 1.33 bits per heavy atom. The van der Waals surface area contributed by atoms with Gasteiger partial charge in [0.15, 0.2) is 0 Å². The number of carbonyl (C=O) groups excluding carboxylic acids is 1. The van der Waals surface area contributed by atoms with Crippen molar-refractivity contribution in [2.45, 2.75) is 6.42 Å². The molecule has 3 nitrogen and oxygen atoms in total. The van der Waals surface area contributed by atoms with Gasteiger partial charge < -0.3 is 15.0 Å². The van der Waals surface area contributed by atoms with E-state index in [1.807, 2.05) is 0 Å². The van der Waals surface area contributed by atoms with Gasteiger partial charge >= 0.3 is 0 Å². The van der Waals surface area contributed by atoms with E-state index in [0.717, 1.165) is 0 Å². The molecule has 0 spiro atoms. The predicted octanol–water partition coefficient (Wildman–Crippen LogP) is 1.60. The zero-order valence-corrected chi connectivity index (χ0v) is 7.71. The van der Waals surface area contributed by atoms with Gasteiger partial charge in [0, 0.05) is 18.1 Å². The number of phenolic OH excluding ortho intramolecular Hbond substituents is 2. The number of aromatic hydroxyl groups is 2. The molecule has 0 aliphatic carbocycles. The van der Waals surface area contributed by atoms with Crippen molar-refractivity contribution in [3.8, 4) is 11.5 Å².